The van der Waals surface area contributed by atoms with Crippen LogP contribution in [0.15, 0.2) is 4.42 Å². The van der Waals surface area contributed by atoms with Crippen LogP contribution in [0.4, 0.5) is 6.01 Å². The highest BCUT2D eigenvalue weighted by Crippen LogP contribution is 2.27. The Morgan fingerprint density at radius 2 is 2.06 bits per heavy atom. The molecule has 0 aliphatic carbocycles. The molecule has 2 atom stereocenters. The summed E-state index contributed by atoms with van der Waals surface area (Å²) in [6.07, 6.45) is 0.653. The maximum Gasteiger partial charge on any atom is 0.318 e. The second-order valence-electron chi connectivity index (χ2n) is 4.18. The van der Waals surface area contributed by atoms with Gasteiger partial charge < -0.3 is 15.1 Å². The summed E-state index contributed by atoms with van der Waals surface area (Å²) in [5.41, 5.74) is 5.45. The zero-order valence-corrected chi connectivity index (χ0v) is 10.5. The molecule has 1 saturated heterocycles. The zero-order valence-electron chi connectivity index (χ0n) is 9.72. The Labute approximate surface area is 99.8 Å². The summed E-state index contributed by atoms with van der Waals surface area (Å²) in [7, 11) is 0. The third-order valence-corrected chi connectivity index (χ3v) is 3.73. The Balaban J connectivity index is 2.04. The van der Waals surface area contributed by atoms with Crippen LogP contribution < -0.4 is 10.6 Å². The molecule has 0 radical (unpaired) electrons. The summed E-state index contributed by atoms with van der Waals surface area (Å²) < 4.78 is 5.57. The summed E-state index contributed by atoms with van der Waals surface area (Å²) in [6, 6.07) is 0.641. The van der Waals surface area contributed by atoms with Crippen molar-refractivity contribution >= 4 is 17.8 Å². The lowest BCUT2D eigenvalue weighted by Crippen LogP contribution is -2.40. The summed E-state index contributed by atoms with van der Waals surface area (Å²) in [5, 5.41) is 9.27. The highest BCUT2D eigenvalue weighted by atomic mass is 32.2. The Kier molecular flexibility index (Phi) is 3.70. The van der Waals surface area contributed by atoms with Crippen LogP contribution in [0, 0.1) is 0 Å². The van der Waals surface area contributed by atoms with E-state index in [0.29, 0.717) is 35.4 Å². The van der Waals surface area contributed by atoms with Gasteiger partial charge in [-0.05, 0) is 0 Å². The molecule has 2 rings (SSSR count). The third kappa shape index (κ3) is 2.68. The van der Waals surface area contributed by atoms with E-state index in [2.05, 4.69) is 28.9 Å². The van der Waals surface area contributed by atoms with Crippen LogP contribution in [0.25, 0.3) is 0 Å². The summed E-state index contributed by atoms with van der Waals surface area (Å²) in [4.78, 5) is 2.17. The van der Waals surface area contributed by atoms with Crippen molar-refractivity contribution in [2.75, 3.05) is 24.5 Å². The van der Waals surface area contributed by atoms with Crippen LogP contribution in [0.5, 0.6) is 0 Å². The number of nitrogens with zero attached hydrogens (tertiary/aromatic N) is 3. The fraction of sp³-hybridized carbons (Fsp3) is 0.800. The largest absolute Gasteiger partial charge is 0.408 e. The first-order valence-corrected chi connectivity index (χ1v) is 6.56. The normalized spacial score (nSPS) is 26.1. The van der Waals surface area contributed by atoms with E-state index in [1.54, 1.807) is 0 Å². The molecule has 2 unspecified atom stereocenters. The molecule has 2 N–H and O–H groups in total. The van der Waals surface area contributed by atoms with Crippen molar-refractivity contribution < 1.29 is 4.42 Å². The van der Waals surface area contributed by atoms with E-state index in [0.717, 1.165) is 13.1 Å². The number of thioether (sulfide) groups is 1. The molecule has 1 aromatic rings. The average Bonchev–Trinajstić information content (AvgIpc) is 2.65. The molecule has 90 valence electrons. The van der Waals surface area contributed by atoms with E-state index in [-0.39, 0.29) is 0 Å². The first-order valence-electron chi connectivity index (χ1n) is 5.62. The predicted octanol–water partition coefficient (Wildman–Crippen LogP) is 0.901. The number of nitrogens with two attached hydrogens (primary N) is 1. The zero-order chi connectivity index (χ0) is 11.5. The summed E-state index contributed by atoms with van der Waals surface area (Å²) in [5.74, 6) is 0.635. The minimum absolute atomic E-state index is 0.546. The summed E-state index contributed by atoms with van der Waals surface area (Å²) in [6.45, 7) is 6.94. The van der Waals surface area contributed by atoms with Gasteiger partial charge in [0, 0.05) is 36.6 Å². The van der Waals surface area contributed by atoms with E-state index in [1.807, 2.05) is 11.8 Å². The highest BCUT2D eigenvalue weighted by molar-refractivity contribution is 8.00. The van der Waals surface area contributed by atoms with E-state index in [9.17, 15) is 0 Å². The van der Waals surface area contributed by atoms with E-state index < -0.39 is 0 Å². The number of rotatable bonds is 3. The topological polar surface area (TPSA) is 68.2 Å². The predicted molar refractivity (Wildman–Crippen MR) is 65.8 cm³/mol. The van der Waals surface area contributed by atoms with Crippen LogP contribution in [0.3, 0.4) is 0 Å². The molecule has 0 amide bonds. The first kappa shape index (κ1) is 11.7. The lowest BCUT2D eigenvalue weighted by molar-refractivity contribution is 0.480. The van der Waals surface area contributed by atoms with Crippen molar-refractivity contribution in [1.29, 1.82) is 0 Å². The first-order chi connectivity index (χ1) is 7.69. The van der Waals surface area contributed by atoms with Gasteiger partial charge in [0.25, 0.3) is 0 Å². The smallest absolute Gasteiger partial charge is 0.318 e. The average molecular weight is 242 g/mol. The molecule has 16 heavy (non-hydrogen) atoms. The molecule has 2 heterocycles. The van der Waals surface area contributed by atoms with Gasteiger partial charge in [-0.1, -0.05) is 18.9 Å². The Hall–Kier alpha value is -0.750. The molecule has 0 aromatic carbocycles. The minimum Gasteiger partial charge on any atom is -0.408 e. The van der Waals surface area contributed by atoms with Gasteiger partial charge in [-0.25, -0.2) is 0 Å². The molecule has 1 fully saturated rings. The van der Waals surface area contributed by atoms with Gasteiger partial charge in [0.15, 0.2) is 0 Å². The molecule has 0 bridgehead atoms. The molecule has 1 aliphatic heterocycles. The van der Waals surface area contributed by atoms with Crippen molar-refractivity contribution in [1.82, 2.24) is 10.2 Å². The SMILES string of the molecule is CC1CN(c2nnc(CCN)o2)CC(C)S1. The van der Waals surface area contributed by atoms with Crippen molar-refractivity contribution in [3.05, 3.63) is 5.89 Å². The maximum absolute atomic E-state index is 5.57. The molecule has 0 saturated carbocycles. The quantitative estimate of drug-likeness (QED) is 0.849. The van der Waals surface area contributed by atoms with Gasteiger partial charge in [0.05, 0.1) is 0 Å². The molecule has 5 nitrogen and oxygen atoms in total. The van der Waals surface area contributed by atoms with Crippen molar-refractivity contribution in [2.45, 2.75) is 30.8 Å². The second-order valence-corrected chi connectivity index (χ2v) is 6.06. The Morgan fingerprint density at radius 1 is 1.38 bits per heavy atom. The number of aromatic nitrogens is 2. The van der Waals surface area contributed by atoms with Gasteiger partial charge in [-0.3, -0.25) is 0 Å². The maximum atomic E-state index is 5.57. The molecular weight excluding hydrogens is 224 g/mol. The lowest BCUT2D eigenvalue weighted by Gasteiger charge is -2.33. The van der Waals surface area contributed by atoms with Crippen LogP contribution in [0.2, 0.25) is 0 Å². The molecular formula is C10H18N4OS. The molecule has 1 aromatic heterocycles. The molecule has 6 heteroatoms. The number of anilines is 1. The lowest BCUT2D eigenvalue weighted by atomic mass is 10.3. The summed E-state index contributed by atoms with van der Waals surface area (Å²) >= 11 is 2.01. The fourth-order valence-electron chi connectivity index (χ4n) is 1.93. The molecule has 1 aliphatic rings. The van der Waals surface area contributed by atoms with Gasteiger partial charge in [0.2, 0.25) is 5.89 Å². The van der Waals surface area contributed by atoms with Crippen LogP contribution in [-0.4, -0.2) is 40.3 Å². The van der Waals surface area contributed by atoms with Crippen molar-refractivity contribution in [2.24, 2.45) is 5.73 Å². The highest BCUT2D eigenvalue weighted by Gasteiger charge is 2.25. The fourth-order valence-corrected chi connectivity index (χ4v) is 3.26. The van der Waals surface area contributed by atoms with Crippen LogP contribution in [-0.2, 0) is 6.42 Å². The number of hydrogen-bond acceptors (Lipinski definition) is 6. The van der Waals surface area contributed by atoms with Crippen molar-refractivity contribution in [3.8, 4) is 0 Å². The third-order valence-electron chi connectivity index (χ3n) is 2.50. The number of hydrogen-bond donors (Lipinski definition) is 1. The molecule has 0 spiro atoms. The monoisotopic (exact) mass is 242 g/mol. The van der Waals surface area contributed by atoms with E-state index >= 15 is 0 Å². The Bertz CT molecular complexity index is 333. The van der Waals surface area contributed by atoms with Crippen molar-refractivity contribution in [3.63, 3.8) is 0 Å². The van der Waals surface area contributed by atoms with Gasteiger partial charge in [-0.15, -0.1) is 5.10 Å². The van der Waals surface area contributed by atoms with E-state index in [4.69, 9.17) is 10.2 Å². The van der Waals surface area contributed by atoms with Gasteiger partial charge >= 0.3 is 6.01 Å². The second kappa shape index (κ2) is 5.05. The standard InChI is InChI=1S/C10H18N4OS/c1-7-5-14(6-8(2)16-7)10-13-12-9(15-10)3-4-11/h7-8H,3-6,11H2,1-2H3. The van der Waals surface area contributed by atoms with Gasteiger partial charge in [-0.2, -0.15) is 11.8 Å². The van der Waals surface area contributed by atoms with Crippen LogP contribution >= 0.6 is 11.8 Å². The Morgan fingerprint density at radius 3 is 2.69 bits per heavy atom. The minimum atomic E-state index is 0.546. The van der Waals surface area contributed by atoms with Gasteiger partial charge in [0.1, 0.15) is 0 Å². The van der Waals surface area contributed by atoms with Crippen LogP contribution in [0.1, 0.15) is 19.7 Å². The van der Waals surface area contributed by atoms with E-state index in [1.165, 1.54) is 0 Å².